The van der Waals surface area contributed by atoms with Crippen LogP contribution in [0.3, 0.4) is 0 Å². The zero-order valence-corrected chi connectivity index (χ0v) is 11.8. The first kappa shape index (κ1) is 13.3. The molecule has 0 bridgehead atoms. The highest BCUT2D eigenvalue weighted by Gasteiger charge is 2.42. The SMILES string of the molecule is COC(=O)CCc1ccc2c(c1)OC1(CCCCC1)O2. The van der Waals surface area contributed by atoms with Crippen molar-refractivity contribution in [2.75, 3.05) is 7.11 Å². The van der Waals surface area contributed by atoms with Crippen LogP contribution in [0.4, 0.5) is 0 Å². The molecule has 1 fully saturated rings. The summed E-state index contributed by atoms with van der Waals surface area (Å²) in [5.74, 6) is 1.02. The fourth-order valence-corrected chi connectivity index (χ4v) is 2.94. The summed E-state index contributed by atoms with van der Waals surface area (Å²) < 4.78 is 16.8. The number of esters is 1. The van der Waals surface area contributed by atoms with Crippen molar-refractivity contribution < 1.29 is 19.0 Å². The zero-order chi connectivity index (χ0) is 14.0. The minimum atomic E-state index is -0.429. The van der Waals surface area contributed by atoms with E-state index in [0.717, 1.165) is 42.7 Å². The summed E-state index contributed by atoms with van der Waals surface area (Å²) in [5, 5.41) is 0. The van der Waals surface area contributed by atoms with Crippen molar-refractivity contribution in [3.8, 4) is 11.5 Å². The second-order valence-electron chi connectivity index (χ2n) is 5.53. The maximum atomic E-state index is 11.2. The number of ether oxygens (including phenoxy) is 3. The lowest BCUT2D eigenvalue weighted by molar-refractivity contribution is -0.140. The Labute approximate surface area is 119 Å². The van der Waals surface area contributed by atoms with E-state index in [9.17, 15) is 4.79 Å². The van der Waals surface area contributed by atoms with Crippen molar-refractivity contribution in [3.05, 3.63) is 23.8 Å². The van der Waals surface area contributed by atoms with Gasteiger partial charge in [-0.15, -0.1) is 0 Å². The van der Waals surface area contributed by atoms with E-state index in [2.05, 4.69) is 4.74 Å². The molecule has 0 aromatic heterocycles. The van der Waals surface area contributed by atoms with Gasteiger partial charge >= 0.3 is 5.97 Å². The lowest BCUT2D eigenvalue weighted by Gasteiger charge is -2.31. The van der Waals surface area contributed by atoms with Crippen molar-refractivity contribution in [2.45, 2.75) is 50.7 Å². The molecule has 4 heteroatoms. The Hall–Kier alpha value is -1.71. The summed E-state index contributed by atoms with van der Waals surface area (Å²) >= 11 is 0. The summed E-state index contributed by atoms with van der Waals surface area (Å²) in [6.45, 7) is 0. The van der Waals surface area contributed by atoms with Crippen LogP contribution in [-0.2, 0) is 16.0 Å². The molecule has 0 atom stereocenters. The van der Waals surface area contributed by atoms with Crippen LogP contribution in [0.15, 0.2) is 18.2 Å². The number of methoxy groups -OCH3 is 1. The Morgan fingerprint density at radius 1 is 1.20 bits per heavy atom. The molecular weight excluding hydrogens is 256 g/mol. The van der Waals surface area contributed by atoms with Gasteiger partial charge in [-0.05, 0) is 37.0 Å². The molecule has 0 unspecified atom stereocenters. The van der Waals surface area contributed by atoms with E-state index in [-0.39, 0.29) is 5.97 Å². The molecule has 3 rings (SSSR count). The maximum Gasteiger partial charge on any atom is 0.305 e. The summed E-state index contributed by atoms with van der Waals surface area (Å²) in [6, 6.07) is 5.93. The van der Waals surface area contributed by atoms with Crippen LogP contribution in [0.1, 0.15) is 44.1 Å². The first-order chi connectivity index (χ1) is 9.71. The topological polar surface area (TPSA) is 44.8 Å². The maximum absolute atomic E-state index is 11.2. The molecule has 1 aliphatic heterocycles. The molecule has 0 radical (unpaired) electrons. The van der Waals surface area contributed by atoms with Gasteiger partial charge in [-0.3, -0.25) is 4.79 Å². The van der Waals surface area contributed by atoms with Crippen molar-refractivity contribution in [1.29, 1.82) is 0 Å². The highest BCUT2D eigenvalue weighted by molar-refractivity contribution is 5.69. The van der Waals surface area contributed by atoms with Gasteiger partial charge in [0.15, 0.2) is 11.5 Å². The molecule has 2 aliphatic rings. The van der Waals surface area contributed by atoms with Gasteiger partial charge < -0.3 is 14.2 Å². The Morgan fingerprint density at radius 2 is 1.95 bits per heavy atom. The van der Waals surface area contributed by atoms with Gasteiger partial charge in [-0.2, -0.15) is 0 Å². The van der Waals surface area contributed by atoms with Gasteiger partial charge in [0, 0.05) is 19.3 Å². The largest absolute Gasteiger partial charge is 0.469 e. The lowest BCUT2D eigenvalue weighted by atomic mass is 9.94. The fraction of sp³-hybridized carbons (Fsp3) is 0.562. The van der Waals surface area contributed by atoms with Crippen molar-refractivity contribution in [2.24, 2.45) is 0 Å². The quantitative estimate of drug-likeness (QED) is 0.795. The predicted molar refractivity (Wildman–Crippen MR) is 73.9 cm³/mol. The number of fused-ring (bicyclic) bond motifs is 1. The summed E-state index contributed by atoms with van der Waals surface area (Å²) in [4.78, 5) is 11.2. The van der Waals surface area contributed by atoms with Gasteiger partial charge in [0.25, 0.3) is 5.79 Å². The smallest absolute Gasteiger partial charge is 0.305 e. The van der Waals surface area contributed by atoms with Crippen LogP contribution in [-0.4, -0.2) is 18.9 Å². The molecule has 0 amide bonds. The fourth-order valence-electron chi connectivity index (χ4n) is 2.94. The molecule has 1 aromatic carbocycles. The lowest BCUT2D eigenvalue weighted by Crippen LogP contribution is -2.40. The van der Waals surface area contributed by atoms with Crippen molar-refractivity contribution in [1.82, 2.24) is 0 Å². The first-order valence-corrected chi connectivity index (χ1v) is 7.29. The van der Waals surface area contributed by atoms with Crippen LogP contribution in [0.25, 0.3) is 0 Å². The van der Waals surface area contributed by atoms with E-state index in [4.69, 9.17) is 9.47 Å². The van der Waals surface area contributed by atoms with Gasteiger partial charge in [-0.25, -0.2) is 0 Å². The molecule has 1 aliphatic carbocycles. The predicted octanol–water partition coefficient (Wildman–Crippen LogP) is 3.22. The number of carbonyl (C=O) groups is 1. The Morgan fingerprint density at radius 3 is 2.70 bits per heavy atom. The van der Waals surface area contributed by atoms with Gasteiger partial charge in [0.1, 0.15) is 0 Å². The average Bonchev–Trinajstić information content (AvgIpc) is 2.81. The Bertz CT molecular complexity index is 503. The van der Waals surface area contributed by atoms with E-state index >= 15 is 0 Å². The van der Waals surface area contributed by atoms with E-state index in [1.165, 1.54) is 13.5 Å². The number of aryl methyl sites for hydroxylation is 1. The van der Waals surface area contributed by atoms with E-state index in [1.54, 1.807) is 0 Å². The number of carbonyl (C=O) groups excluding carboxylic acids is 1. The highest BCUT2D eigenvalue weighted by Crippen LogP contribution is 2.45. The zero-order valence-electron chi connectivity index (χ0n) is 11.8. The molecule has 1 spiro atoms. The molecule has 1 aromatic rings. The molecular formula is C16H20O4. The first-order valence-electron chi connectivity index (χ1n) is 7.29. The van der Waals surface area contributed by atoms with Crippen LogP contribution >= 0.6 is 0 Å². The second kappa shape index (κ2) is 5.35. The standard InChI is InChI=1S/C16H20O4/c1-18-15(17)8-6-12-5-7-13-14(11-12)20-16(19-13)9-3-2-4-10-16/h5,7,11H,2-4,6,8-10H2,1H3. The van der Waals surface area contributed by atoms with Crippen molar-refractivity contribution in [3.63, 3.8) is 0 Å². The molecule has 0 N–H and O–H groups in total. The molecule has 1 saturated carbocycles. The third-order valence-corrected chi connectivity index (χ3v) is 4.06. The van der Waals surface area contributed by atoms with E-state index < -0.39 is 5.79 Å². The van der Waals surface area contributed by atoms with Gasteiger partial charge in [0.05, 0.1) is 7.11 Å². The van der Waals surface area contributed by atoms with Gasteiger partial charge in [-0.1, -0.05) is 12.5 Å². The third-order valence-electron chi connectivity index (χ3n) is 4.06. The number of benzene rings is 1. The summed E-state index contributed by atoms with van der Waals surface area (Å²) in [7, 11) is 1.41. The normalized spacial score (nSPS) is 19.1. The highest BCUT2D eigenvalue weighted by atomic mass is 16.7. The average molecular weight is 276 g/mol. The van der Waals surface area contributed by atoms with Crippen LogP contribution in [0, 0.1) is 0 Å². The van der Waals surface area contributed by atoms with E-state index in [0.29, 0.717) is 12.8 Å². The number of hydrogen-bond acceptors (Lipinski definition) is 4. The van der Waals surface area contributed by atoms with E-state index in [1.807, 2.05) is 18.2 Å². The monoisotopic (exact) mass is 276 g/mol. The summed E-state index contributed by atoms with van der Waals surface area (Å²) in [6.07, 6.45) is 6.54. The van der Waals surface area contributed by atoms with Crippen LogP contribution < -0.4 is 9.47 Å². The number of hydrogen-bond donors (Lipinski definition) is 0. The molecule has 1 heterocycles. The minimum Gasteiger partial charge on any atom is -0.469 e. The second-order valence-corrected chi connectivity index (χ2v) is 5.53. The molecule has 4 nitrogen and oxygen atoms in total. The van der Waals surface area contributed by atoms with Gasteiger partial charge in [0.2, 0.25) is 0 Å². The Kier molecular flexibility index (Phi) is 3.55. The molecule has 20 heavy (non-hydrogen) atoms. The van der Waals surface area contributed by atoms with Crippen LogP contribution in [0.5, 0.6) is 11.5 Å². The summed E-state index contributed by atoms with van der Waals surface area (Å²) in [5.41, 5.74) is 1.07. The molecule has 0 saturated heterocycles. The number of rotatable bonds is 3. The van der Waals surface area contributed by atoms with Crippen LogP contribution in [0.2, 0.25) is 0 Å². The Balaban J connectivity index is 1.69. The third kappa shape index (κ3) is 2.60. The molecule has 108 valence electrons. The van der Waals surface area contributed by atoms with Crippen molar-refractivity contribution >= 4 is 5.97 Å². The minimum absolute atomic E-state index is 0.189.